The van der Waals surface area contributed by atoms with E-state index in [0.717, 1.165) is 152 Å². The van der Waals surface area contributed by atoms with Crippen LogP contribution in [-0.4, -0.2) is 60.6 Å². The summed E-state index contributed by atoms with van der Waals surface area (Å²) >= 11 is 0. The van der Waals surface area contributed by atoms with Crippen LogP contribution in [0.4, 0.5) is 30.2 Å². The Balaban J connectivity index is 0.000000207. The number of ether oxygens (including phenoxy) is 1. The highest BCUT2D eigenvalue weighted by Gasteiger charge is 2.31. The van der Waals surface area contributed by atoms with E-state index in [2.05, 4.69) is 42.2 Å². The van der Waals surface area contributed by atoms with Crippen molar-refractivity contribution in [2.45, 2.75) is 134 Å². The van der Waals surface area contributed by atoms with Gasteiger partial charge < -0.3 is 30.7 Å². The van der Waals surface area contributed by atoms with E-state index in [1.165, 1.54) is 5.56 Å². The van der Waals surface area contributed by atoms with Gasteiger partial charge in [0.25, 0.3) is 21.8 Å². The smallest absolute Gasteiger partial charge is 0.416 e. The Labute approximate surface area is 572 Å². The maximum Gasteiger partial charge on any atom is 0.416 e. The maximum atomic E-state index is 12.8. The molecule has 0 atom stereocenters. The van der Waals surface area contributed by atoms with Gasteiger partial charge in [0.05, 0.1) is 39.9 Å². The zero-order valence-electron chi connectivity index (χ0n) is 55.5. The van der Waals surface area contributed by atoms with Crippen LogP contribution in [-0.2, 0) is 60.1 Å². The van der Waals surface area contributed by atoms with E-state index in [0.29, 0.717) is 52.1 Å². The van der Waals surface area contributed by atoms with Gasteiger partial charge in [-0.1, -0.05) is 167 Å². The molecule has 0 aromatic heterocycles. The van der Waals surface area contributed by atoms with Crippen molar-refractivity contribution in [1.29, 1.82) is 0 Å². The zero-order chi connectivity index (χ0) is 70.7. The molecule has 98 heavy (non-hydrogen) atoms. The Hall–Kier alpha value is -10.3. The molecule has 0 aliphatic heterocycles. The first-order chi connectivity index (χ1) is 46.9. The number of unbranched alkanes of at least 4 members (excludes halogenated alkanes) is 6. The summed E-state index contributed by atoms with van der Waals surface area (Å²) in [6, 6.07) is 62.1. The van der Waals surface area contributed by atoms with Crippen molar-refractivity contribution in [3.8, 4) is 5.75 Å². The van der Waals surface area contributed by atoms with Crippen molar-refractivity contribution < 1.29 is 65.6 Å². The third-order valence-corrected chi connectivity index (χ3v) is 17.9. The second kappa shape index (κ2) is 36.7. The van der Waals surface area contributed by atoms with Crippen molar-refractivity contribution >= 4 is 56.8 Å². The van der Waals surface area contributed by atoms with Gasteiger partial charge in [0.15, 0.2) is 0 Å². The lowest BCUT2D eigenvalue weighted by atomic mass is 9.86. The van der Waals surface area contributed by atoms with Gasteiger partial charge in [0, 0.05) is 22.5 Å². The number of nitrogens with one attached hydrogen (secondary N) is 3. The van der Waals surface area contributed by atoms with Crippen LogP contribution in [0.1, 0.15) is 175 Å². The number of carboxylic acid groups (broad SMARTS) is 3. The van der Waals surface area contributed by atoms with Gasteiger partial charge in [0.1, 0.15) is 5.75 Å². The third-order valence-electron chi connectivity index (χ3n) is 16.5. The fraction of sp³-hybridized carbons (Fsp3) is 0.263. The molecule has 0 fully saturated rings. The first kappa shape index (κ1) is 75.1. The number of halogens is 3. The number of rotatable bonds is 29. The molecule has 14 nitrogen and oxygen atoms in total. The first-order valence-corrected chi connectivity index (χ1v) is 34.1. The Morgan fingerprint density at radius 1 is 0.388 bits per heavy atom. The molecule has 6 N–H and O–H groups in total. The lowest BCUT2D eigenvalue weighted by molar-refractivity contribution is -0.137. The van der Waals surface area contributed by atoms with E-state index in [4.69, 9.17) is 4.74 Å². The number of para-hydroxylation sites is 3. The standard InChI is InChI=1S/C29H33NO3.C26H27NO4.C25H24F3NO4S/c1-29(2,3)24-19-17-23(18-20-24)27(31)30-26-16-10-8-14-22(26)13-6-4-5-11-21-12-7-9-15-25(21)28(32)33;1-31-22-15-9-14-21(18-22)25(28)27-24-17-8-6-13-20(24)12-4-2-3-10-19-11-5-7-16-23(19)26(29)30;26-25(27,28)20-14-16-21(17-15-20)34(32,33)29-23-13-7-5-11-19(23)10-3-1-2-8-18-9-4-6-12-22(18)24(30)31/h7-10,12,14-20H,4-6,11,13H2,1-3H3,(H,30,31)(H,32,33);5-9,11,13-18H,2-4,10,12H2,1H3,(H,27,28)(H,29,30);4-7,9,11-17,29H,1-3,8,10H2,(H,30,31). The number of methoxy groups -OCH3 is 1. The highest BCUT2D eigenvalue weighted by Crippen LogP contribution is 2.32. The number of carbonyl (C=O) groups excluding carboxylic acids is 2. The summed E-state index contributed by atoms with van der Waals surface area (Å²) in [5.41, 5.74) is 10.1. The lowest BCUT2D eigenvalue weighted by Gasteiger charge is -2.19. The Morgan fingerprint density at radius 2 is 0.724 bits per heavy atom. The molecule has 0 bridgehead atoms. The van der Waals surface area contributed by atoms with Crippen molar-refractivity contribution in [1.82, 2.24) is 0 Å². The van der Waals surface area contributed by atoms with Crippen LogP contribution >= 0.6 is 0 Å². The summed E-state index contributed by atoms with van der Waals surface area (Å²) in [6.07, 6.45) is 7.99. The average molecular weight is 1350 g/mol. The fourth-order valence-electron chi connectivity index (χ4n) is 11.1. The lowest BCUT2D eigenvalue weighted by Crippen LogP contribution is -2.15. The molecular formula is C80H84F3N3O11S. The van der Waals surface area contributed by atoms with Gasteiger partial charge in [-0.25, -0.2) is 22.8 Å². The van der Waals surface area contributed by atoms with E-state index in [1.807, 2.05) is 91.0 Å². The van der Waals surface area contributed by atoms with Crippen molar-refractivity contribution in [2.24, 2.45) is 0 Å². The largest absolute Gasteiger partial charge is 0.497 e. The number of carbonyl (C=O) groups is 5. The predicted molar refractivity (Wildman–Crippen MR) is 380 cm³/mol. The minimum absolute atomic E-state index is 0.0529. The van der Waals surface area contributed by atoms with E-state index < -0.39 is 39.7 Å². The van der Waals surface area contributed by atoms with Crippen molar-refractivity contribution in [2.75, 3.05) is 22.5 Å². The second-order valence-corrected chi connectivity index (χ2v) is 26.3. The van der Waals surface area contributed by atoms with Crippen LogP contribution in [0.15, 0.2) is 223 Å². The number of benzene rings is 9. The van der Waals surface area contributed by atoms with E-state index in [9.17, 15) is 60.9 Å². The molecule has 0 unspecified atom stereocenters. The summed E-state index contributed by atoms with van der Waals surface area (Å²) in [5, 5.41) is 33.9. The molecule has 512 valence electrons. The summed E-state index contributed by atoms with van der Waals surface area (Å²) < 4.78 is 71.3. The van der Waals surface area contributed by atoms with Gasteiger partial charge in [-0.3, -0.25) is 14.3 Å². The van der Waals surface area contributed by atoms with Crippen LogP contribution in [0.2, 0.25) is 0 Å². The fourth-order valence-corrected chi connectivity index (χ4v) is 12.2. The van der Waals surface area contributed by atoms with E-state index in [-0.39, 0.29) is 22.1 Å². The maximum absolute atomic E-state index is 12.8. The molecule has 0 aliphatic rings. The molecule has 9 aromatic carbocycles. The van der Waals surface area contributed by atoms with Crippen LogP contribution < -0.4 is 20.1 Å². The number of hydrogen-bond donors (Lipinski definition) is 6. The minimum atomic E-state index is -4.54. The van der Waals surface area contributed by atoms with Crippen molar-refractivity contribution in [3.05, 3.63) is 291 Å². The molecule has 0 radical (unpaired) electrons. The quantitative estimate of drug-likeness (QED) is 0.0242. The van der Waals surface area contributed by atoms with Crippen LogP contribution in [0.3, 0.4) is 0 Å². The molecule has 0 spiro atoms. The second-order valence-electron chi connectivity index (χ2n) is 24.6. The summed E-state index contributed by atoms with van der Waals surface area (Å²) in [6.45, 7) is 6.47. The number of aromatic carboxylic acids is 3. The topological polar surface area (TPSA) is 225 Å². The summed E-state index contributed by atoms with van der Waals surface area (Å²) in [7, 11) is -2.48. The molecule has 0 saturated heterocycles. The van der Waals surface area contributed by atoms with Crippen LogP contribution in [0, 0.1) is 0 Å². The van der Waals surface area contributed by atoms with E-state index in [1.54, 1.807) is 104 Å². The Kier molecular flexibility index (Phi) is 28.1. The molecule has 9 aromatic rings. The van der Waals surface area contributed by atoms with Gasteiger partial charge in [-0.15, -0.1) is 0 Å². The minimum Gasteiger partial charge on any atom is -0.497 e. The predicted octanol–water partition coefficient (Wildman–Crippen LogP) is 18.7. The number of sulfonamides is 1. The molecule has 0 aliphatic carbocycles. The van der Waals surface area contributed by atoms with Gasteiger partial charge in [0.2, 0.25) is 0 Å². The molecule has 0 heterocycles. The highest BCUT2D eigenvalue weighted by atomic mass is 32.2. The number of amides is 2. The molecular weight excluding hydrogens is 1270 g/mol. The molecule has 18 heteroatoms. The van der Waals surface area contributed by atoms with Gasteiger partial charge in [-0.2, -0.15) is 13.2 Å². The molecule has 2 amide bonds. The van der Waals surface area contributed by atoms with Gasteiger partial charge in [-0.05, 0) is 212 Å². The Bertz CT molecular complexity index is 4250. The first-order valence-electron chi connectivity index (χ1n) is 32.7. The van der Waals surface area contributed by atoms with Crippen LogP contribution in [0.25, 0.3) is 0 Å². The van der Waals surface area contributed by atoms with Crippen molar-refractivity contribution in [3.63, 3.8) is 0 Å². The molecule has 0 saturated carbocycles. The van der Waals surface area contributed by atoms with Crippen LogP contribution in [0.5, 0.6) is 5.75 Å². The number of alkyl halides is 3. The number of carboxylic acids is 3. The average Bonchev–Trinajstić information content (AvgIpc) is 0.817. The monoisotopic (exact) mass is 1350 g/mol. The van der Waals surface area contributed by atoms with E-state index >= 15 is 0 Å². The number of hydrogen-bond acceptors (Lipinski definition) is 8. The van der Waals surface area contributed by atoms with Gasteiger partial charge >= 0.3 is 24.1 Å². The Morgan fingerprint density at radius 3 is 1.10 bits per heavy atom. The summed E-state index contributed by atoms with van der Waals surface area (Å²) in [4.78, 5) is 59.1. The SMILES string of the molecule is CC(C)(C)c1ccc(C(=O)Nc2ccccc2CCCCCc2ccccc2C(=O)O)cc1.COc1cccc(C(=O)Nc2ccccc2CCCCCc2ccccc2C(=O)O)c1.O=C(O)c1ccccc1CCCCCc1ccccc1NS(=O)(=O)c1ccc(C(F)(F)F)cc1. The number of anilines is 3. The normalized spacial score (nSPS) is 11.2. The summed E-state index contributed by atoms with van der Waals surface area (Å²) in [5.74, 6) is -2.33. The molecule has 9 rings (SSSR count). The highest BCUT2D eigenvalue weighted by molar-refractivity contribution is 7.92. The number of aryl methyl sites for hydroxylation is 6. The zero-order valence-corrected chi connectivity index (χ0v) is 56.4. The third kappa shape index (κ3) is 23.2.